The van der Waals surface area contributed by atoms with Crippen LogP contribution >= 0.6 is 78.8 Å². The van der Waals surface area contributed by atoms with Crippen LogP contribution in [0.25, 0.3) is 33.4 Å². The molecule has 4 aromatic rings. The number of amides is 4. The summed E-state index contributed by atoms with van der Waals surface area (Å²) in [7, 11) is 7.24. The van der Waals surface area contributed by atoms with Gasteiger partial charge in [-0.1, -0.05) is 33.8 Å². The predicted molar refractivity (Wildman–Crippen MR) is 303 cm³/mol. The van der Waals surface area contributed by atoms with Crippen molar-refractivity contribution < 1.29 is 33.4 Å². The lowest BCUT2D eigenvalue weighted by molar-refractivity contribution is -0.155. The quantitative estimate of drug-likeness (QED) is 0.177. The molecular formula is C48H77N9O7S6. The third-order valence-electron chi connectivity index (χ3n) is 12.8. The number of methoxy groups -OCH3 is 1. The van der Waals surface area contributed by atoms with Gasteiger partial charge in [-0.25, -0.2) is 15.2 Å². The highest BCUT2D eigenvalue weighted by molar-refractivity contribution is 7.60. The average Bonchev–Trinajstić information content (AvgIpc) is 3.88. The van der Waals surface area contributed by atoms with Gasteiger partial charge in [0.25, 0.3) is 5.91 Å². The van der Waals surface area contributed by atoms with Crippen LogP contribution in [-0.2, 0) is 48.0 Å². The number of carbonyl (C=O) groups is 4. The van der Waals surface area contributed by atoms with Crippen molar-refractivity contribution in [2.75, 3.05) is 67.7 Å². The van der Waals surface area contributed by atoms with Crippen LogP contribution in [0, 0.1) is 11.3 Å². The summed E-state index contributed by atoms with van der Waals surface area (Å²) in [6, 6.07) is 7.28. The Balaban J connectivity index is 0.00000336. The Labute approximate surface area is 452 Å². The Morgan fingerprint density at radius 1 is 1.06 bits per heavy atom. The molecule has 22 heteroatoms. The van der Waals surface area contributed by atoms with Crippen molar-refractivity contribution in [3.05, 3.63) is 58.2 Å². The number of likely N-dealkylation sites (N-methyl/N-ethyl adjacent to an activating group) is 2. The van der Waals surface area contributed by atoms with Crippen LogP contribution < -0.4 is 10.7 Å². The van der Waals surface area contributed by atoms with Crippen molar-refractivity contribution in [2.24, 2.45) is 11.3 Å². The summed E-state index contributed by atoms with van der Waals surface area (Å²) in [6.45, 7) is 15.1. The fourth-order valence-corrected chi connectivity index (χ4v) is 10.4. The third-order valence-corrected chi connectivity index (χ3v) is 13.7. The number of fused-ring (bicyclic) bond motifs is 6. The molecular weight excluding hydrogens is 1010 g/mol. The smallest absolute Gasteiger partial charge is 0.324 e. The lowest BCUT2D eigenvalue weighted by atomic mass is 9.84. The Bertz CT molecular complexity index is 2380. The molecule has 1 aromatic carbocycles. The minimum atomic E-state index is -1.06. The first-order valence-electron chi connectivity index (χ1n) is 22.9. The molecule has 2 saturated heterocycles. The number of cyclic esters (lactones) is 1. The van der Waals surface area contributed by atoms with Crippen LogP contribution in [0.2, 0.25) is 0 Å². The fraction of sp³-hybridized carbons (Fsp3) is 0.583. The number of hydrogen-bond donors (Lipinski definition) is 2. The molecule has 0 saturated carbocycles. The van der Waals surface area contributed by atoms with E-state index in [1.54, 1.807) is 25.3 Å². The van der Waals surface area contributed by atoms with Crippen molar-refractivity contribution in [1.29, 1.82) is 0 Å². The summed E-state index contributed by atoms with van der Waals surface area (Å²) in [5.41, 5.74) is 9.36. The van der Waals surface area contributed by atoms with Gasteiger partial charge in [0.2, 0.25) is 5.91 Å². The van der Waals surface area contributed by atoms with Crippen molar-refractivity contribution in [1.82, 2.24) is 45.0 Å². The molecule has 2 N–H and O–H groups in total. The summed E-state index contributed by atoms with van der Waals surface area (Å²) in [5, 5.41) is 8.20. The van der Waals surface area contributed by atoms with E-state index in [4.69, 9.17) is 24.2 Å². The van der Waals surface area contributed by atoms with E-state index in [0.29, 0.717) is 63.7 Å². The molecule has 70 heavy (non-hydrogen) atoms. The van der Waals surface area contributed by atoms with E-state index in [9.17, 15) is 19.2 Å². The maximum Gasteiger partial charge on any atom is 0.324 e. The van der Waals surface area contributed by atoms with Gasteiger partial charge >= 0.3 is 12.0 Å². The normalized spacial score (nSPS) is 20.0. The highest BCUT2D eigenvalue weighted by Gasteiger charge is 2.40. The van der Waals surface area contributed by atoms with Gasteiger partial charge in [-0.3, -0.25) is 24.4 Å². The molecule has 6 heterocycles. The number of nitrogens with zero attached hydrogens (tertiary/aromatic N) is 7. The summed E-state index contributed by atoms with van der Waals surface area (Å²) < 4.78 is 20.0. The van der Waals surface area contributed by atoms with Crippen molar-refractivity contribution in [3.63, 3.8) is 0 Å². The molecule has 3 aliphatic rings. The molecule has 6 bridgehead atoms. The van der Waals surface area contributed by atoms with E-state index in [-0.39, 0.29) is 105 Å². The van der Waals surface area contributed by atoms with Gasteiger partial charge in [0, 0.05) is 85.8 Å². The summed E-state index contributed by atoms with van der Waals surface area (Å²) in [5.74, 6) is -1.58. The number of hydrazine groups is 1. The van der Waals surface area contributed by atoms with Gasteiger partial charge < -0.3 is 38.8 Å². The first-order valence-corrected chi connectivity index (χ1v) is 23.8. The standard InChI is InChI=1S/C48H67N9O7S.5H2S/c1-11-55-39-17-16-31-22-34(39)35(43(55)33-14-12-18-49-41(33)30(4)62-10)24-48(5,6)28-64-46(60)36-15-13-19-57(52-36)45(59)37(23-40-50-38(31)27-65-40)51-44(58)42(29(2)3)54(9)47(61)56-20-21-63-26-32(56)25-53(7)8;;;;;/h12,14,16-18,22,27,29-30,32,36-37,42,52H,11,13,15,19-21,23-26,28H2,1-10H3,(H,51,58);5*1H2/t30-,32-,36-,37-,42-;;;;;/m0...../s1. The number of aryl methyl sites for hydroxylation is 1. The zero-order valence-electron chi connectivity index (χ0n) is 42.2. The van der Waals surface area contributed by atoms with E-state index < -0.39 is 41.3 Å². The van der Waals surface area contributed by atoms with E-state index in [0.717, 1.165) is 44.7 Å². The van der Waals surface area contributed by atoms with E-state index in [1.165, 1.54) is 21.2 Å². The van der Waals surface area contributed by atoms with Crippen molar-refractivity contribution in [3.8, 4) is 22.5 Å². The molecule has 5 atom stereocenters. The summed E-state index contributed by atoms with van der Waals surface area (Å²) >= 11 is 1.42. The van der Waals surface area contributed by atoms with Gasteiger partial charge in [0.15, 0.2) is 0 Å². The number of benzene rings is 1. The molecule has 2 fully saturated rings. The van der Waals surface area contributed by atoms with E-state index >= 15 is 0 Å². The number of carbonyl (C=O) groups excluding carboxylic acids is 4. The van der Waals surface area contributed by atoms with Gasteiger partial charge in [0.1, 0.15) is 18.1 Å². The van der Waals surface area contributed by atoms with Gasteiger partial charge in [0.05, 0.1) is 54.1 Å². The van der Waals surface area contributed by atoms with Crippen LogP contribution in [0.4, 0.5) is 4.79 Å². The Morgan fingerprint density at radius 2 is 1.79 bits per heavy atom. The van der Waals surface area contributed by atoms with Crippen molar-refractivity contribution >= 4 is 114 Å². The lowest BCUT2D eigenvalue weighted by Gasteiger charge is -2.41. The second kappa shape index (κ2) is 27.2. The van der Waals surface area contributed by atoms with Gasteiger partial charge in [-0.05, 0) is 83.0 Å². The number of pyridine rings is 1. The van der Waals surface area contributed by atoms with E-state index in [1.807, 2.05) is 51.2 Å². The number of nitrogens with one attached hydrogen (secondary N) is 2. The van der Waals surface area contributed by atoms with Crippen molar-refractivity contribution in [2.45, 2.75) is 104 Å². The zero-order chi connectivity index (χ0) is 46.7. The lowest BCUT2D eigenvalue weighted by Crippen LogP contribution is -2.63. The van der Waals surface area contributed by atoms with Crippen LogP contribution in [0.15, 0.2) is 41.9 Å². The van der Waals surface area contributed by atoms with Gasteiger partial charge in [-0.2, -0.15) is 67.5 Å². The molecule has 0 aliphatic carbocycles. The number of hydrogen-bond acceptors (Lipinski definition) is 12. The van der Waals surface area contributed by atoms with E-state index in [2.05, 4.69) is 60.3 Å². The third kappa shape index (κ3) is 13.9. The molecule has 3 aliphatic heterocycles. The molecule has 4 amide bonds. The SMILES string of the molecule is CCn1c(-c2cccnc2[C@H](C)OC)c2c3cc(ccc31)-c1csc(n1)C[C@H](NC(=O)[C@H](C(C)C)N(C)C(=O)N1CCOC[C@@H]1CN(C)C)C(=O)N1CCC[C@H](N1)C(=O)OCC(C)(C)C2.S.S.S.S.S. The Morgan fingerprint density at radius 3 is 2.46 bits per heavy atom. The summed E-state index contributed by atoms with van der Waals surface area (Å²) in [6.07, 6.45) is 3.26. The highest BCUT2D eigenvalue weighted by Crippen LogP contribution is 2.42. The number of esters is 1. The maximum atomic E-state index is 14.7. The number of ether oxygens (including phenoxy) is 3. The Kier molecular flexibility index (Phi) is 24.5. The zero-order valence-corrected chi connectivity index (χ0v) is 48.0. The number of urea groups is 1. The van der Waals surface area contributed by atoms with Gasteiger partial charge in [-0.15, -0.1) is 11.3 Å². The fourth-order valence-electron chi connectivity index (χ4n) is 9.55. The molecule has 392 valence electrons. The monoisotopic (exact) mass is 1080 g/mol. The maximum absolute atomic E-state index is 14.7. The number of morpholine rings is 1. The number of aromatic nitrogens is 3. The largest absolute Gasteiger partial charge is 0.464 e. The highest BCUT2D eigenvalue weighted by atomic mass is 32.1. The second-order valence-electron chi connectivity index (χ2n) is 19.0. The average molecular weight is 1080 g/mol. The number of thiazole rings is 1. The molecule has 0 unspecified atom stereocenters. The Hall–Kier alpha value is -3.19. The molecule has 7 rings (SSSR count). The van der Waals surface area contributed by atoms with Crippen LogP contribution in [-0.4, -0.2) is 150 Å². The minimum Gasteiger partial charge on any atom is -0.464 e. The van der Waals surface area contributed by atoms with Crippen LogP contribution in [0.3, 0.4) is 0 Å². The first-order chi connectivity index (χ1) is 31.0. The molecule has 0 radical (unpaired) electrons. The van der Waals surface area contributed by atoms with Crippen LogP contribution in [0.5, 0.6) is 0 Å². The predicted octanol–water partition coefficient (Wildman–Crippen LogP) is 6.11. The second-order valence-corrected chi connectivity index (χ2v) is 20.0. The molecule has 0 spiro atoms. The molecule has 16 nitrogen and oxygen atoms in total. The molecule has 3 aromatic heterocycles. The number of rotatable bonds is 10. The minimum absolute atomic E-state index is 0. The first kappa shape index (κ1) is 62.9. The topological polar surface area (TPSA) is 164 Å². The summed E-state index contributed by atoms with van der Waals surface area (Å²) in [4.78, 5) is 72.5. The van der Waals surface area contributed by atoms with Crippen LogP contribution in [0.1, 0.15) is 76.8 Å².